The van der Waals surface area contributed by atoms with Gasteiger partial charge in [-0.3, -0.25) is 4.79 Å². The molecule has 0 spiro atoms. The molecule has 1 aromatic heterocycles. The normalized spacial score (nSPS) is 13.1. The Kier molecular flexibility index (Phi) is 4.49. The molecule has 5 heteroatoms. The van der Waals surface area contributed by atoms with Crippen molar-refractivity contribution in [2.45, 2.75) is 19.9 Å². The van der Waals surface area contributed by atoms with Crippen LogP contribution in [0.3, 0.4) is 0 Å². The molecule has 0 saturated carbocycles. The Balaban J connectivity index is 2.71. The van der Waals surface area contributed by atoms with Gasteiger partial charge in [0.1, 0.15) is 5.82 Å². The first-order valence-electron chi connectivity index (χ1n) is 5.45. The summed E-state index contributed by atoms with van der Waals surface area (Å²) in [5, 5.41) is 3.28. The first-order valence-corrected chi connectivity index (χ1v) is 5.45. The maximum Gasteiger partial charge on any atom is 0.252 e. The molecule has 90 valence electrons. The van der Waals surface area contributed by atoms with Crippen LogP contribution in [0.25, 0.3) is 0 Å². The number of aromatic nitrogens is 2. The number of aromatic amines is 1. The molecule has 2 N–H and O–H groups in total. The van der Waals surface area contributed by atoms with E-state index in [1.807, 2.05) is 14.1 Å². The van der Waals surface area contributed by atoms with Crippen molar-refractivity contribution in [3.63, 3.8) is 0 Å². The molecular formula is C11H20N4O. The van der Waals surface area contributed by atoms with Gasteiger partial charge < -0.3 is 15.2 Å². The number of hydrogen-bond acceptors (Lipinski definition) is 4. The molecule has 0 amide bonds. The van der Waals surface area contributed by atoms with E-state index in [0.717, 1.165) is 6.54 Å². The molecule has 1 atom stereocenters. The zero-order valence-corrected chi connectivity index (χ0v) is 10.3. The Morgan fingerprint density at radius 2 is 2.19 bits per heavy atom. The van der Waals surface area contributed by atoms with Crippen LogP contribution in [0.2, 0.25) is 0 Å². The first-order chi connectivity index (χ1) is 7.49. The topological polar surface area (TPSA) is 61.0 Å². The molecule has 1 unspecified atom stereocenters. The van der Waals surface area contributed by atoms with Crippen LogP contribution in [0.5, 0.6) is 0 Å². The maximum absolute atomic E-state index is 11.1. The second kappa shape index (κ2) is 5.65. The second-order valence-corrected chi connectivity index (χ2v) is 4.55. The molecule has 0 fully saturated rings. The van der Waals surface area contributed by atoms with Crippen LogP contribution in [0.4, 0.5) is 5.82 Å². The van der Waals surface area contributed by atoms with E-state index in [1.54, 1.807) is 0 Å². The average molecular weight is 224 g/mol. The Bertz CT molecular complexity index is 372. The molecule has 0 aliphatic heterocycles. The first kappa shape index (κ1) is 12.7. The molecule has 0 saturated heterocycles. The monoisotopic (exact) mass is 224 g/mol. The smallest absolute Gasteiger partial charge is 0.252 e. The van der Waals surface area contributed by atoms with Crippen LogP contribution < -0.4 is 10.9 Å². The van der Waals surface area contributed by atoms with E-state index in [0.29, 0.717) is 11.7 Å². The fourth-order valence-corrected chi connectivity index (χ4v) is 1.45. The van der Waals surface area contributed by atoms with Gasteiger partial charge in [0.15, 0.2) is 0 Å². The van der Waals surface area contributed by atoms with Crippen LogP contribution in [-0.4, -0.2) is 41.5 Å². The lowest BCUT2D eigenvalue weighted by Crippen LogP contribution is -2.36. The fourth-order valence-electron chi connectivity index (χ4n) is 1.45. The van der Waals surface area contributed by atoms with Crippen molar-refractivity contribution in [3.8, 4) is 0 Å². The van der Waals surface area contributed by atoms with Crippen molar-refractivity contribution >= 4 is 5.82 Å². The summed E-state index contributed by atoms with van der Waals surface area (Å²) in [5.41, 5.74) is -0.134. The van der Waals surface area contributed by atoms with Gasteiger partial charge >= 0.3 is 0 Å². The molecule has 1 heterocycles. The Morgan fingerprint density at radius 1 is 1.50 bits per heavy atom. The summed E-state index contributed by atoms with van der Waals surface area (Å²) in [6.07, 6.45) is 1.41. The molecule has 1 rings (SSSR count). The summed E-state index contributed by atoms with van der Waals surface area (Å²) >= 11 is 0. The summed E-state index contributed by atoms with van der Waals surface area (Å²) in [6, 6.07) is 1.76. The molecule has 16 heavy (non-hydrogen) atoms. The minimum Gasteiger partial charge on any atom is -0.366 e. The van der Waals surface area contributed by atoms with Gasteiger partial charge in [-0.25, -0.2) is 4.98 Å². The molecule has 1 aromatic rings. The number of nitrogens with zero attached hydrogens (tertiary/aromatic N) is 2. The number of hydrogen-bond donors (Lipinski definition) is 2. The number of rotatable bonds is 5. The van der Waals surface area contributed by atoms with Crippen LogP contribution in [0.15, 0.2) is 17.2 Å². The van der Waals surface area contributed by atoms with Gasteiger partial charge in [0, 0.05) is 18.7 Å². The lowest BCUT2D eigenvalue weighted by atomic mass is 10.0. The van der Waals surface area contributed by atoms with E-state index in [1.165, 1.54) is 12.4 Å². The van der Waals surface area contributed by atoms with Crippen molar-refractivity contribution in [1.29, 1.82) is 0 Å². The quantitative estimate of drug-likeness (QED) is 0.775. The SMILES string of the molecule is CC(C)C(CN(C)C)Nc1cc(=O)[nH]cn1. The lowest BCUT2D eigenvalue weighted by Gasteiger charge is -2.25. The minimum absolute atomic E-state index is 0.134. The van der Waals surface area contributed by atoms with Crippen molar-refractivity contribution in [3.05, 3.63) is 22.7 Å². The van der Waals surface area contributed by atoms with Crippen molar-refractivity contribution in [1.82, 2.24) is 14.9 Å². The standard InChI is InChI=1S/C11H20N4O/c1-8(2)9(6-15(3)4)14-10-5-11(16)13-7-12-10/h5,7-9H,6H2,1-4H3,(H2,12,13,14,16). The van der Waals surface area contributed by atoms with E-state index >= 15 is 0 Å². The van der Waals surface area contributed by atoms with Gasteiger partial charge in [0.05, 0.1) is 6.33 Å². The average Bonchev–Trinajstić information content (AvgIpc) is 2.15. The zero-order chi connectivity index (χ0) is 12.1. The highest BCUT2D eigenvalue weighted by atomic mass is 16.1. The molecular weight excluding hydrogens is 204 g/mol. The zero-order valence-electron chi connectivity index (χ0n) is 10.3. The van der Waals surface area contributed by atoms with E-state index < -0.39 is 0 Å². The lowest BCUT2D eigenvalue weighted by molar-refractivity contribution is 0.344. The summed E-state index contributed by atoms with van der Waals surface area (Å²) < 4.78 is 0. The van der Waals surface area contributed by atoms with Gasteiger partial charge in [0.25, 0.3) is 5.56 Å². The van der Waals surface area contributed by atoms with Gasteiger partial charge in [-0.2, -0.15) is 0 Å². The third kappa shape index (κ3) is 4.02. The van der Waals surface area contributed by atoms with Gasteiger partial charge in [-0.05, 0) is 20.0 Å². The Morgan fingerprint density at radius 3 is 2.69 bits per heavy atom. The Hall–Kier alpha value is -1.36. The summed E-state index contributed by atoms with van der Waals surface area (Å²) in [5.74, 6) is 1.10. The predicted molar refractivity (Wildman–Crippen MR) is 65.7 cm³/mol. The molecule has 0 bridgehead atoms. The molecule has 5 nitrogen and oxygen atoms in total. The number of nitrogens with one attached hydrogen (secondary N) is 2. The summed E-state index contributed by atoms with van der Waals surface area (Å²) in [4.78, 5) is 19.8. The van der Waals surface area contributed by atoms with Crippen molar-refractivity contribution in [2.24, 2.45) is 5.92 Å². The van der Waals surface area contributed by atoms with Gasteiger partial charge in [-0.15, -0.1) is 0 Å². The second-order valence-electron chi connectivity index (χ2n) is 4.55. The highest BCUT2D eigenvalue weighted by molar-refractivity contribution is 5.33. The van der Waals surface area contributed by atoms with E-state index in [-0.39, 0.29) is 11.6 Å². The molecule has 0 aliphatic rings. The van der Waals surface area contributed by atoms with E-state index in [4.69, 9.17) is 0 Å². The number of likely N-dealkylation sites (N-methyl/N-ethyl adjacent to an activating group) is 1. The fraction of sp³-hybridized carbons (Fsp3) is 0.636. The van der Waals surface area contributed by atoms with Crippen LogP contribution in [0.1, 0.15) is 13.8 Å². The minimum atomic E-state index is -0.134. The van der Waals surface area contributed by atoms with E-state index in [2.05, 4.69) is 34.0 Å². The molecule has 0 radical (unpaired) electrons. The van der Waals surface area contributed by atoms with Crippen LogP contribution in [-0.2, 0) is 0 Å². The van der Waals surface area contributed by atoms with Gasteiger partial charge in [-0.1, -0.05) is 13.8 Å². The molecule has 0 aromatic carbocycles. The third-order valence-electron chi connectivity index (χ3n) is 2.38. The maximum atomic E-state index is 11.1. The molecule has 0 aliphatic carbocycles. The van der Waals surface area contributed by atoms with Gasteiger partial charge in [0.2, 0.25) is 0 Å². The summed E-state index contributed by atoms with van der Waals surface area (Å²) in [6.45, 7) is 5.20. The van der Waals surface area contributed by atoms with Crippen LogP contribution in [0, 0.1) is 5.92 Å². The summed E-state index contributed by atoms with van der Waals surface area (Å²) in [7, 11) is 4.06. The van der Waals surface area contributed by atoms with Crippen molar-refractivity contribution in [2.75, 3.05) is 26.0 Å². The third-order valence-corrected chi connectivity index (χ3v) is 2.38. The number of H-pyrrole nitrogens is 1. The van der Waals surface area contributed by atoms with E-state index in [9.17, 15) is 4.79 Å². The number of anilines is 1. The largest absolute Gasteiger partial charge is 0.366 e. The Labute approximate surface area is 95.9 Å². The predicted octanol–water partition coefficient (Wildman–Crippen LogP) is 0.768. The van der Waals surface area contributed by atoms with Crippen LogP contribution >= 0.6 is 0 Å². The highest BCUT2D eigenvalue weighted by Gasteiger charge is 2.14. The highest BCUT2D eigenvalue weighted by Crippen LogP contribution is 2.08. The van der Waals surface area contributed by atoms with Crippen molar-refractivity contribution < 1.29 is 0 Å².